The largest absolute Gasteiger partial charge is 0.480 e. The summed E-state index contributed by atoms with van der Waals surface area (Å²) in [7, 11) is -4.16. The minimum absolute atomic E-state index is 0.116. The van der Waals surface area contributed by atoms with Gasteiger partial charge in [-0.15, -0.1) is 0 Å². The molecule has 0 aliphatic heterocycles. The number of non-ortho nitro benzene ring substituents is 1. The van der Waals surface area contributed by atoms with E-state index in [4.69, 9.17) is 10.2 Å². The second-order valence-electron chi connectivity index (χ2n) is 4.23. The van der Waals surface area contributed by atoms with Crippen molar-refractivity contribution in [3.63, 3.8) is 0 Å². The van der Waals surface area contributed by atoms with Gasteiger partial charge < -0.3 is 10.2 Å². The molecule has 1 rings (SSSR count). The number of carbonyl (C=O) groups is 1. The number of sulfonamides is 1. The van der Waals surface area contributed by atoms with Gasteiger partial charge in [-0.1, -0.05) is 0 Å². The second-order valence-corrected chi connectivity index (χ2v) is 5.91. The molecule has 0 aliphatic carbocycles. The Labute approximate surface area is 120 Å². The molecule has 1 atom stereocenters. The topological polar surface area (TPSA) is 147 Å². The van der Waals surface area contributed by atoms with Gasteiger partial charge in [0.25, 0.3) is 5.69 Å². The zero-order valence-corrected chi connectivity index (χ0v) is 11.8. The smallest absolute Gasteiger partial charge is 0.321 e. The number of nitrogens with zero attached hydrogens (tertiary/aromatic N) is 1. The fraction of sp³-hybridized carbons (Fsp3) is 0.364. The molecule has 0 bridgehead atoms. The highest BCUT2D eigenvalue weighted by atomic mass is 32.2. The minimum atomic E-state index is -4.16. The van der Waals surface area contributed by atoms with Crippen LogP contribution in [0.25, 0.3) is 0 Å². The van der Waals surface area contributed by atoms with Gasteiger partial charge in [-0.25, -0.2) is 8.42 Å². The van der Waals surface area contributed by atoms with E-state index in [1.165, 1.54) is 6.92 Å². The molecule has 0 spiro atoms. The summed E-state index contributed by atoms with van der Waals surface area (Å²) in [5, 5.41) is 28.2. The first-order valence-electron chi connectivity index (χ1n) is 5.80. The van der Waals surface area contributed by atoms with Gasteiger partial charge >= 0.3 is 5.97 Å². The number of benzene rings is 1. The van der Waals surface area contributed by atoms with Crippen molar-refractivity contribution in [1.29, 1.82) is 0 Å². The SMILES string of the molecule is Cc1cc([N+](=O)[O-])ccc1S(=O)(=O)N[C@@H](CCO)C(=O)O. The van der Waals surface area contributed by atoms with Gasteiger partial charge in [-0.3, -0.25) is 14.9 Å². The summed E-state index contributed by atoms with van der Waals surface area (Å²) in [5.74, 6) is -1.42. The van der Waals surface area contributed by atoms with Crippen LogP contribution in [0, 0.1) is 17.0 Å². The van der Waals surface area contributed by atoms with Crippen molar-refractivity contribution in [2.24, 2.45) is 0 Å². The summed E-state index contributed by atoms with van der Waals surface area (Å²) < 4.78 is 26.1. The quantitative estimate of drug-likeness (QED) is 0.474. The van der Waals surface area contributed by atoms with Crippen LogP contribution in [0.5, 0.6) is 0 Å². The fourth-order valence-corrected chi connectivity index (χ4v) is 3.11. The van der Waals surface area contributed by atoms with E-state index in [-0.39, 0.29) is 22.6 Å². The molecule has 0 radical (unpaired) electrons. The number of rotatable bonds is 7. The summed E-state index contributed by atoms with van der Waals surface area (Å²) in [6.45, 7) is 0.863. The molecule has 10 heteroatoms. The van der Waals surface area contributed by atoms with Crippen LogP contribution in [0.3, 0.4) is 0 Å². The Morgan fingerprint density at radius 2 is 2.10 bits per heavy atom. The van der Waals surface area contributed by atoms with E-state index in [2.05, 4.69) is 0 Å². The highest BCUT2D eigenvalue weighted by Crippen LogP contribution is 2.21. The molecule has 0 saturated carbocycles. The van der Waals surface area contributed by atoms with E-state index in [9.17, 15) is 23.3 Å². The average Bonchev–Trinajstić information content (AvgIpc) is 2.37. The van der Waals surface area contributed by atoms with Crippen molar-refractivity contribution in [1.82, 2.24) is 4.72 Å². The van der Waals surface area contributed by atoms with Crippen LogP contribution < -0.4 is 4.72 Å². The van der Waals surface area contributed by atoms with Gasteiger partial charge in [0.05, 0.1) is 9.82 Å². The van der Waals surface area contributed by atoms with Gasteiger partial charge in [0.2, 0.25) is 10.0 Å². The van der Waals surface area contributed by atoms with E-state index in [0.29, 0.717) is 0 Å². The highest BCUT2D eigenvalue weighted by molar-refractivity contribution is 7.89. The van der Waals surface area contributed by atoms with Gasteiger partial charge in [0.1, 0.15) is 6.04 Å². The van der Waals surface area contributed by atoms with Crippen molar-refractivity contribution < 1.29 is 28.3 Å². The standard InChI is InChI=1S/C11H14N2O7S/c1-7-6-8(13(17)18)2-3-10(7)21(19,20)12-9(4-5-14)11(15)16/h2-3,6,9,12,14H,4-5H2,1H3,(H,15,16)/t9-/m0/s1. The maximum absolute atomic E-state index is 12.1. The van der Waals surface area contributed by atoms with E-state index in [1.807, 2.05) is 4.72 Å². The molecular formula is C11H14N2O7S. The number of nitrogens with one attached hydrogen (secondary N) is 1. The van der Waals surface area contributed by atoms with Crippen LogP contribution >= 0.6 is 0 Å². The third kappa shape index (κ3) is 4.21. The van der Waals surface area contributed by atoms with Crippen LogP contribution in [-0.4, -0.2) is 42.2 Å². The van der Waals surface area contributed by atoms with Gasteiger partial charge in [-0.05, 0) is 25.0 Å². The maximum atomic E-state index is 12.1. The number of aryl methyl sites for hydroxylation is 1. The zero-order chi connectivity index (χ0) is 16.2. The van der Waals surface area contributed by atoms with E-state index in [0.717, 1.165) is 18.2 Å². The van der Waals surface area contributed by atoms with Crippen molar-refractivity contribution in [2.75, 3.05) is 6.61 Å². The Morgan fingerprint density at radius 1 is 1.48 bits per heavy atom. The molecular weight excluding hydrogens is 304 g/mol. The number of carboxylic acid groups (broad SMARTS) is 1. The predicted molar refractivity (Wildman–Crippen MR) is 71.3 cm³/mol. The van der Waals surface area contributed by atoms with Crippen LogP contribution in [0.2, 0.25) is 0 Å². The number of aliphatic hydroxyl groups excluding tert-OH is 1. The summed E-state index contributed by atoms with van der Waals surface area (Å²) >= 11 is 0. The zero-order valence-electron chi connectivity index (χ0n) is 11.0. The van der Waals surface area contributed by atoms with Crippen LogP contribution in [0.15, 0.2) is 23.1 Å². The normalized spacial score (nSPS) is 12.9. The third-order valence-corrected chi connectivity index (χ3v) is 4.30. The van der Waals surface area contributed by atoms with E-state index >= 15 is 0 Å². The summed E-state index contributed by atoms with van der Waals surface area (Å²) in [4.78, 5) is 20.6. The Balaban J connectivity index is 3.13. The number of nitro benzene ring substituents is 1. The van der Waals surface area contributed by atoms with Crippen LogP contribution in [0.1, 0.15) is 12.0 Å². The molecule has 0 saturated heterocycles. The average molecular weight is 318 g/mol. The lowest BCUT2D eigenvalue weighted by atomic mass is 10.2. The highest BCUT2D eigenvalue weighted by Gasteiger charge is 2.26. The number of aliphatic carboxylic acids is 1. The first kappa shape index (κ1) is 17.0. The van der Waals surface area contributed by atoms with Crippen molar-refractivity contribution in [3.05, 3.63) is 33.9 Å². The number of hydrogen-bond acceptors (Lipinski definition) is 6. The predicted octanol–water partition coefficient (Wildman–Crippen LogP) is 0.0171. The second kappa shape index (κ2) is 6.61. The lowest BCUT2D eigenvalue weighted by Gasteiger charge is -2.14. The van der Waals surface area contributed by atoms with Crippen molar-refractivity contribution in [2.45, 2.75) is 24.3 Å². The number of carboxylic acids is 1. The minimum Gasteiger partial charge on any atom is -0.480 e. The Bertz CT molecular complexity index is 657. The molecule has 116 valence electrons. The monoisotopic (exact) mass is 318 g/mol. The molecule has 1 aromatic rings. The van der Waals surface area contributed by atoms with E-state index in [1.54, 1.807) is 0 Å². The van der Waals surface area contributed by atoms with Crippen LogP contribution in [-0.2, 0) is 14.8 Å². The molecule has 3 N–H and O–H groups in total. The van der Waals surface area contributed by atoms with Gasteiger partial charge in [0.15, 0.2) is 0 Å². The molecule has 0 unspecified atom stereocenters. The molecule has 0 fully saturated rings. The van der Waals surface area contributed by atoms with Crippen LogP contribution in [0.4, 0.5) is 5.69 Å². The first-order valence-corrected chi connectivity index (χ1v) is 7.28. The Morgan fingerprint density at radius 3 is 2.52 bits per heavy atom. The van der Waals surface area contributed by atoms with Crippen molar-refractivity contribution in [3.8, 4) is 0 Å². The summed E-state index contributed by atoms with van der Waals surface area (Å²) in [6.07, 6.45) is -0.291. The molecule has 0 amide bonds. The Hall–Kier alpha value is -2.04. The fourth-order valence-electron chi connectivity index (χ4n) is 1.66. The first-order chi connectivity index (χ1) is 9.69. The van der Waals surface area contributed by atoms with Crippen molar-refractivity contribution >= 4 is 21.7 Å². The molecule has 0 aliphatic rings. The summed E-state index contributed by atoms with van der Waals surface area (Å²) in [5.41, 5.74) is -0.151. The number of nitro groups is 1. The molecule has 0 aromatic heterocycles. The van der Waals surface area contributed by atoms with Gasteiger partial charge in [0, 0.05) is 18.7 Å². The molecule has 21 heavy (non-hydrogen) atoms. The van der Waals surface area contributed by atoms with E-state index < -0.39 is 33.6 Å². The molecule has 1 aromatic carbocycles. The van der Waals surface area contributed by atoms with Gasteiger partial charge in [-0.2, -0.15) is 4.72 Å². The summed E-state index contributed by atoms with van der Waals surface area (Å²) in [6, 6.07) is 1.66. The molecule has 0 heterocycles. The maximum Gasteiger partial charge on any atom is 0.321 e. The lowest BCUT2D eigenvalue weighted by molar-refractivity contribution is -0.385. The lowest BCUT2D eigenvalue weighted by Crippen LogP contribution is -2.41. The third-order valence-electron chi connectivity index (χ3n) is 2.67. The number of hydrogen-bond donors (Lipinski definition) is 3. The molecule has 9 nitrogen and oxygen atoms in total. The number of aliphatic hydroxyl groups is 1. The Kier molecular flexibility index (Phi) is 5.35.